The van der Waals surface area contributed by atoms with Crippen LogP contribution < -0.4 is 11.1 Å². The van der Waals surface area contributed by atoms with Gasteiger partial charge in [-0.25, -0.2) is 0 Å². The Hall–Kier alpha value is -1.29. The summed E-state index contributed by atoms with van der Waals surface area (Å²) in [7, 11) is 0. The molecule has 0 radical (unpaired) electrons. The number of halogens is 1. The molecule has 1 aromatic carbocycles. The van der Waals surface area contributed by atoms with Gasteiger partial charge in [-0.3, -0.25) is 5.41 Å². The zero-order valence-corrected chi connectivity index (χ0v) is 11.3. The smallest absolute Gasteiger partial charge is 0.117 e. The summed E-state index contributed by atoms with van der Waals surface area (Å²) >= 11 is 3.33. The minimum Gasteiger partial charge on any atom is -0.384 e. The molecule has 0 aliphatic carbocycles. The maximum Gasteiger partial charge on any atom is 0.117 e. The second-order valence-corrected chi connectivity index (χ2v) is 4.70. The highest BCUT2D eigenvalue weighted by Gasteiger charge is 2.04. The van der Waals surface area contributed by atoms with E-state index in [-0.39, 0.29) is 5.84 Å². The quantitative estimate of drug-likeness (QED) is 0.453. The van der Waals surface area contributed by atoms with Crippen LogP contribution in [0.25, 0.3) is 0 Å². The van der Waals surface area contributed by atoms with E-state index >= 15 is 0 Å². The normalized spacial score (nSPS) is 11.4. The first-order chi connectivity index (χ1) is 7.40. The van der Waals surface area contributed by atoms with E-state index < -0.39 is 0 Å². The molecular weight excluding hydrogens is 266 g/mol. The van der Waals surface area contributed by atoms with E-state index in [1.165, 1.54) is 22.8 Å². The lowest BCUT2D eigenvalue weighted by Gasteiger charge is -2.13. The van der Waals surface area contributed by atoms with E-state index in [9.17, 15) is 0 Å². The molecule has 4 N–H and O–H groups in total. The zero-order valence-electron chi connectivity index (χ0n) is 9.69. The van der Waals surface area contributed by atoms with Crippen LogP contribution in [0.5, 0.6) is 0 Å². The summed E-state index contributed by atoms with van der Waals surface area (Å²) in [5.41, 5.74) is 9.92. The Morgan fingerprint density at radius 1 is 1.31 bits per heavy atom. The fourth-order valence-electron chi connectivity index (χ4n) is 1.67. The van der Waals surface area contributed by atoms with Gasteiger partial charge in [-0.15, -0.1) is 0 Å². The number of benzene rings is 1. The summed E-state index contributed by atoms with van der Waals surface area (Å²) < 4.78 is 0.690. The van der Waals surface area contributed by atoms with E-state index in [2.05, 4.69) is 54.2 Å². The lowest BCUT2D eigenvalue weighted by Crippen LogP contribution is -2.08. The number of nitrogens with one attached hydrogen (secondary N) is 2. The van der Waals surface area contributed by atoms with Crippen LogP contribution in [0.15, 0.2) is 22.8 Å². The molecule has 0 atom stereocenters. The Labute approximate surface area is 104 Å². The summed E-state index contributed by atoms with van der Waals surface area (Å²) in [5, 5.41) is 10.4. The summed E-state index contributed by atoms with van der Waals surface area (Å²) in [4.78, 5) is 0. The molecule has 0 heterocycles. The lowest BCUT2D eigenvalue weighted by molar-refractivity contribution is 1.31. The summed E-state index contributed by atoms with van der Waals surface area (Å²) in [6, 6.07) is 4.23. The number of amidine groups is 1. The van der Waals surface area contributed by atoms with Crippen LogP contribution in [0.2, 0.25) is 0 Å². The van der Waals surface area contributed by atoms with Crippen molar-refractivity contribution in [2.24, 2.45) is 5.73 Å². The third kappa shape index (κ3) is 3.38. The fourth-order valence-corrected chi connectivity index (χ4v) is 2.11. The zero-order chi connectivity index (χ0) is 12.3. The third-order valence-corrected chi connectivity index (χ3v) is 2.63. The Kier molecular flexibility index (Phi) is 4.12. The fraction of sp³-hybridized carbons (Fsp3) is 0.250. The Bertz CT molecular complexity index is 427. The molecule has 1 rings (SSSR count). The minimum atomic E-state index is 0.0155. The molecule has 86 valence electrons. The molecule has 4 heteroatoms. The van der Waals surface area contributed by atoms with Crippen molar-refractivity contribution in [1.82, 2.24) is 0 Å². The Morgan fingerprint density at radius 2 is 1.81 bits per heavy atom. The summed E-state index contributed by atoms with van der Waals surface area (Å²) in [5.74, 6) is 0.0155. The van der Waals surface area contributed by atoms with Gasteiger partial charge in [0, 0.05) is 11.8 Å². The number of hydrogen-bond acceptors (Lipinski definition) is 2. The van der Waals surface area contributed by atoms with Crippen molar-refractivity contribution in [3.8, 4) is 0 Å². The minimum absolute atomic E-state index is 0.0155. The number of anilines is 1. The molecule has 0 unspecified atom stereocenters. The largest absolute Gasteiger partial charge is 0.384 e. The number of nitrogens with two attached hydrogens (primary N) is 1. The molecule has 1 aromatic rings. The van der Waals surface area contributed by atoms with Gasteiger partial charge in [0.05, 0.1) is 4.61 Å². The van der Waals surface area contributed by atoms with Crippen molar-refractivity contribution in [2.45, 2.75) is 20.8 Å². The van der Waals surface area contributed by atoms with E-state index in [1.807, 2.05) is 0 Å². The molecule has 0 aromatic heterocycles. The molecule has 0 aliphatic rings. The van der Waals surface area contributed by atoms with Crippen LogP contribution in [0.4, 0.5) is 5.69 Å². The highest BCUT2D eigenvalue weighted by molar-refractivity contribution is 9.11. The predicted octanol–water partition coefficient (Wildman–Crippen LogP) is 3.20. The Balaban J connectivity index is 3.02. The molecule has 0 bridgehead atoms. The van der Waals surface area contributed by atoms with Crippen LogP contribution >= 0.6 is 15.9 Å². The first-order valence-corrected chi connectivity index (χ1v) is 5.75. The first kappa shape index (κ1) is 12.8. The van der Waals surface area contributed by atoms with Crippen molar-refractivity contribution in [3.63, 3.8) is 0 Å². The van der Waals surface area contributed by atoms with Crippen LogP contribution in [0.1, 0.15) is 16.7 Å². The summed E-state index contributed by atoms with van der Waals surface area (Å²) in [6.07, 6.45) is 1.53. The summed E-state index contributed by atoms with van der Waals surface area (Å²) in [6.45, 7) is 6.18. The van der Waals surface area contributed by atoms with E-state index in [4.69, 9.17) is 11.1 Å². The predicted molar refractivity (Wildman–Crippen MR) is 73.2 cm³/mol. The highest BCUT2D eigenvalue weighted by Crippen LogP contribution is 2.24. The molecule has 0 amide bonds. The maximum absolute atomic E-state index is 7.16. The van der Waals surface area contributed by atoms with Gasteiger partial charge in [0.15, 0.2) is 0 Å². The second-order valence-electron chi connectivity index (χ2n) is 3.85. The van der Waals surface area contributed by atoms with Crippen molar-refractivity contribution >= 4 is 27.5 Å². The van der Waals surface area contributed by atoms with Gasteiger partial charge in [0.2, 0.25) is 0 Å². The highest BCUT2D eigenvalue weighted by atomic mass is 79.9. The first-order valence-electron chi connectivity index (χ1n) is 4.96. The number of hydrogen-bond donors (Lipinski definition) is 3. The standard InChI is InChI=1S/C12H16BrN3/c1-7-4-8(2)12(9(3)5-7)16-10(13)6-11(14)15/h4-6,16H,1-3H3,(H3,14,15)/b10-6-. The molecule has 0 aliphatic heterocycles. The van der Waals surface area contributed by atoms with Crippen molar-refractivity contribution in [2.75, 3.05) is 5.32 Å². The van der Waals surface area contributed by atoms with Gasteiger partial charge in [-0.2, -0.15) is 0 Å². The average Bonchev–Trinajstić information content (AvgIpc) is 2.09. The van der Waals surface area contributed by atoms with E-state index in [0.717, 1.165) is 5.69 Å². The van der Waals surface area contributed by atoms with Crippen LogP contribution in [-0.4, -0.2) is 5.84 Å². The van der Waals surface area contributed by atoms with Gasteiger partial charge in [0.1, 0.15) is 5.84 Å². The van der Waals surface area contributed by atoms with Crippen molar-refractivity contribution in [3.05, 3.63) is 39.5 Å². The molecule has 0 saturated heterocycles. The average molecular weight is 282 g/mol. The molecule has 0 fully saturated rings. The van der Waals surface area contributed by atoms with Crippen molar-refractivity contribution < 1.29 is 0 Å². The molecule has 16 heavy (non-hydrogen) atoms. The van der Waals surface area contributed by atoms with Gasteiger partial charge >= 0.3 is 0 Å². The van der Waals surface area contributed by atoms with Crippen LogP contribution in [-0.2, 0) is 0 Å². The number of aryl methyl sites for hydroxylation is 3. The van der Waals surface area contributed by atoms with Gasteiger partial charge in [-0.05, 0) is 47.8 Å². The Morgan fingerprint density at radius 3 is 2.25 bits per heavy atom. The van der Waals surface area contributed by atoms with Crippen molar-refractivity contribution in [1.29, 1.82) is 5.41 Å². The molecule has 0 saturated carbocycles. The molecule has 0 spiro atoms. The van der Waals surface area contributed by atoms with E-state index in [0.29, 0.717) is 4.61 Å². The topological polar surface area (TPSA) is 61.9 Å². The number of rotatable bonds is 3. The SMILES string of the molecule is Cc1cc(C)c(N/C(Br)=C\C(=N)N)c(C)c1. The lowest BCUT2D eigenvalue weighted by atomic mass is 10.1. The van der Waals surface area contributed by atoms with Gasteiger partial charge in [-0.1, -0.05) is 17.7 Å². The van der Waals surface area contributed by atoms with Gasteiger partial charge in [0.25, 0.3) is 0 Å². The van der Waals surface area contributed by atoms with E-state index in [1.54, 1.807) is 0 Å². The monoisotopic (exact) mass is 281 g/mol. The van der Waals surface area contributed by atoms with Crippen LogP contribution in [0.3, 0.4) is 0 Å². The maximum atomic E-state index is 7.16. The molecule has 3 nitrogen and oxygen atoms in total. The second kappa shape index (κ2) is 5.16. The van der Waals surface area contributed by atoms with Crippen LogP contribution in [0, 0.1) is 26.2 Å². The van der Waals surface area contributed by atoms with Gasteiger partial charge < -0.3 is 11.1 Å². The third-order valence-electron chi connectivity index (χ3n) is 2.20. The molecular formula is C12H16BrN3.